The van der Waals surface area contributed by atoms with Gasteiger partial charge in [-0.05, 0) is 12.8 Å². The predicted octanol–water partition coefficient (Wildman–Crippen LogP) is -1.82. The molecule has 0 aliphatic carbocycles. The molecule has 0 saturated heterocycles. The Morgan fingerprint density at radius 1 is 1.24 bits per heavy atom. The van der Waals surface area contributed by atoms with Crippen molar-refractivity contribution in [3.8, 4) is 0 Å². The molecule has 98 valence electrons. The van der Waals surface area contributed by atoms with Crippen molar-refractivity contribution in [2.24, 2.45) is 0 Å². The molecular formula is C7H5ClF3NO5-2. The molecule has 0 aliphatic rings. The van der Waals surface area contributed by atoms with Gasteiger partial charge in [-0.15, -0.1) is 0 Å². The van der Waals surface area contributed by atoms with Crippen molar-refractivity contribution in [2.75, 3.05) is 0 Å². The Kier molecular flexibility index (Phi) is 5.20. The molecule has 0 saturated carbocycles. The number of hydrogen-bond acceptors (Lipinski definition) is 5. The highest BCUT2D eigenvalue weighted by Gasteiger charge is 2.44. The first kappa shape index (κ1) is 15.5. The molecule has 0 radical (unpaired) electrons. The second kappa shape index (κ2) is 5.71. The molecule has 0 heterocycles. The van der Waals surface area contributed by atoms with Gasteiger partial charge in [0.05, 0.1) is 12.0 Å². The molecule has 0 rings (SSSR count). The third kappa shape index (κ3) is 4.89. The number of carbonyl (C=O) groups excluding carboxylic acids is 3. The van der Waals surface area contributed by atoms with Crippen molar-refractivity contribution in [3.05, 3.63) is 0 Å². The van der Waals surface area contributed by atoms with Crippen LogP contribution < -0.4 is 10.2 Å². The molecule has 6 nitrogen and oxygen atoms in total. The number of halogens is 4. The fourth-order valence-electron chi connectivity index (χ4n) is 0.841. The summed E-state index contributed by atoms with van der Waals surface area (Å²) in [6.45, 7) is 0. The van der Waals surface area contributed by atoms with Gasteiger partial charge in [0.15, 0.2) is 0 Å². The first-order chi connectivity index (χ1) is 7.57. The molecule has 0 aromatic rings. The molecule has 0 aromatic carbocycles. The lowest BCUT2D eigenvalue weighted by Gasteiger charge is -2.26. The van der Waals surface area contributed by atoms with E-state index >= 15 is 0 Å². The van der Waals surface area contributed by atoms with E-state index < -0.39 is 47.3 Å². The number of rotatable bonds is 5. The molecule has 0 bridgehead atoms. The Bertz CT molecular complexity index is 332. The molecule has 0 fully saturated rings. The summed E-state index contributed by atoms with van der Waals surface area (Å²) in [6, 6.07) is -2.20. The number of hydrogen-bond donors (Lipinski definition) is 0. The summed E-state index contributed by atoms with van der Waals surface area (Å²) in [5.41, 5.74) is 0. The number of nitrogens with zero attached hydrogens (tertiary/aromatic N) is 1. The van der Waals surface area contributed by atoms with Crippen molar-refractivity contribution >= 4 is 29.6 Å². The molecule has 1 amide bonds. The van der Waals surface area contributed by atoms with Crippen LogP contribution in [-0.4, -0.2) is 34.5 Å². The number of alkyl halides is 3. The Labute approximate surface area is 97.7 Å². The maximum absolute atomic E-state index is 11.9. The Morgan fingerprint density at radius 2 is 1.71 bits per heavy atom. The second-order valence-corrected chi connectivity index (χ2v) is 3.22. The van der Waals surface area contributed by atoms with Crippen LogP contribution in [0.5, 0.6) is 0 Å². The number of carbonyl (C=O) groups is 3. The zero-order chi connectivity index (χ0) is 13.8. The largest absolute Gasteiger partial charge is 0.550 e. The molecular weight excluding hydrogens is 271 g/mol. The highest BCUT2D eigenvalue weighted by Crippen LogP contribution is 2.22. The molecule has 10 heteroatoms. The van der Waals surface area contributed by atoms with Crippen LogP contribution in [0.1, 0.15) is 12.8 Å². The van der Waals surface area contributed by atoms with E-state index in [9.17, 15) is 37.8 Å². The SMILES string of the molecule is O=C([O-])CC[C@@H](C(=O)[O-])N(Cl)C(=O)C(F)(F)F. The smallest absolute Gasteiger partial charge is 0.472 e. The number of amides is 1. The normalized spacial score (nSPS) is 12.9. The zero-order valence-electron chi connectivity index (χ0n) is 7.99. The van der Waals surface area contributed by atoms with Crippen LogP contribution in [0.4, 0.5) is 13.2 Å². The van der Waals surface area contributed by atoms with E-state index in [0.29, 0.717) is 0 Å². The van der Waals surface area contributed by atoms with Crippen molar-refractivity contribution in [1.82, 2.24) is 4.42 Å². The van der Waals surface area contributed by atoms with Crippen LogP contribution in [0.2, 0.25) is 0 Å². The minimum atomic E-state index is -5.36. The minimum Gasteiger partial charge on any atom is -0.550 e. The quantitative estimate of drug-likeness (QED) is 0.550. The lowest BCUT2D eigenvalue weighted by molar-refractivity contribution is -0.312. The summed E-state index contributed by atoms with van der Waals surface area (Å²) in [5, 5.41) is 20.4. The van der Waals surface area contributed by atoms with E-state index in [1.807, 2.05) is 0 Å². The van der Waals surface area contributed by atoms with Gasteiger partial charge in [-0.2, -0.15) is 13.2 Å². The molecule has 0 unspecified atom stereocenters. The first-order valence-corrected chi connectivity index (χ1v) is 4.38. The maximum Gasteiger partial charge on any atom is 0.472 e. The summed E-state index contributed by atoms with van der Waals surface area (Å²) >= 11 is 4.89. The zero-order valence-corrected chi connectivity index (χ0v) is 8.75. The van der Waals surface area contributed by atoms with Crippen LogP contribution >= 0.6 is 11.8 Å². The predicted molar refractivity (Wildman–Crippen MR) is 41.8 cm³/mol. The molecule has 0 aliphatic heterocycles. The van der Waals surface area contributed by atoms with Crippen LogP contribution in [0.3, 0.4) is 0 Å². The van der Waals surface area contributed by atoms with Gasteiger partial charge in [-0.25, -0.2) is 4.42 Å². The van der Waals surface area contributed by atoms with Gasteiger partial charge in [0.2, 0.25) is 0 Å². The Morgan fingerprint density at radius 3 is 2.00 bits per heavy atom. The molecule has 0 N–H and O–H groups in total. The van der Waals surface area contributed by atoms with Gasteiger partial charge in [0.25, 0.3) is 0 Å². The minimum absolute atomic E-state index is 0.641. The summed E-state index contributed by atoms with van der Waals surface area (Å²) < 4.78 is 35.1. The van der Waals surface area contributed by atoms with Gasteiger partial charge < -0.3 is 19.8 Å². The number of aliphatic carboxylic acids is 2. The molecule has 1 atom stereocenters. The van der Waals surface area contributed by atoms with Gasteiger partial charge in [-0.1, -0.05) is 0 Å². The van der Waals surface area contributed by atoms with E-state index in [0.717, 1.165) is 0 Å². The molecule has 17 heavy (non-hydrogen) atoms. The van der Waals surface area contributed by atoms with Gasteiger partial charge in [0, 0.05) is 17.7 Å². The van der Waals surface area contributed by atoms with Crippen LogP contribution in [0, 0.1) is 0 Å². The average Bonchev–Trinajstić information content (AvgIpc) is 2.13. The lowest BCUT2D eigenvalue weighted by Crippen LogP contribution is -2.50. The summed E-state index contributed by atoms with van der Waals surface area (Å²) in [7, 11) is 0. The standard InChI is InChI=1S/C7H7ClF3NO5/c8-12(6(17)7(9,10)11)3(5(15)16)1-2-4(13)14/h3H,1-2H2,(H,13,14)(H,15,16)/p-2/t3-/m0/s1. The van der Waals surface area contributed by atoms with Gasteiger partial charge in [0.1, 0.15) is 0 Å². The van der Waals surface area contributed by atoms with Crippen molar-refractivity contribution in [2.45, 2.75) is 25.1 Å². The molecule has 0 spiro atoms. The van der Waals surface area contributed by atoms with E-state index in [2.05, 4.69) is 0 Å². The van der Waals surface area contributed by atoms with Gasteiger partial charge in [-0.3, -0.25) is 4.79 Å². The lowest BCUT2D eigenvalue weighted by atomic mass is 10.1. The van der Waals surface area contributed by atoms with Crippen LogP contribution in [0.15, 0.2) is 0 Å². The fourth-order valence-corrected chi connectivity index (χ4v) is 1.11. The maximum atomic E-state index is 11.9. The van der Waals surface area contributed by atoms with Crippen LogP contribution in [-0.2, 0) is 14.4 Å². The van der Waals surface area contributed by atoms with E-state index in [1.165, 1.54) is 0 Å². The summed E-state index contributed by atoms with van der Waals surface area (Å²) in [6.07, 6.45) is -7.10. The highest BCUT2D eigenvalue weighted by atomic mass is 35.5. The fraction of sp³-hybridized carbons (Fsp3) is 0.571. The highest BCUT2D eigenvalue weighted by molar-refractivity contribution is 6.23. The second-order valence-electron chi connectivity index (χ2n) is 2.86. The number of carboxylic acid groups (broad SMARTS) is 2. The van der Waals surface area contributed by atoms with Crippen LogP contribution in [0.25, 0.3) is 0 Å². The molecule has 0 aromatic heterocycles. The third-order valence-corrected chi connectivity index (χ3v) is 1.99. The summed E-state index contributed by atoms with van der Waals surface area (Å²) in [4.78, 5) is 31.0. The Balaban J connectivity index is 4.77. The Hall–Kier alpha value is -1.51. The van der Waals surface area contributed by atoms with E-state index in [1.54, 1.807) is 0 Å². The monoisotopic (exact) mass is 275 g/mol. The van der Waals surface area contributed by atoms with E-state index in [-0.39, 0.29) is 0 Å². The van der Waals surface area contributed by atoms with Gasteiger partial charge >= 0.3 is 12.1 Å². The number of carboxylic acids is 2. The van der Waals surface area contributed by atoms with Crippen molar-refractivity contribution in [1.29, 1.82) is 0 Å². The van der Waals surface area contributed by atoms with Crippen molar-refractivity contribution in [3.63, 3.8) is 0 Å². The average molecular weight is 276 g/mol. The van der Waals surface area contributed by atoms with Crippen molar-refractivity contribution < 1.29 is 37.8 Å². The van der Waals surface area contributed by atoms with E-state index in [4.69, 9.17) is 11.8 Å². The first-order valence-electron chi connectivity index (χ1n) is 4.04. The summed E-state index contributed by atoms with van der Waals surface area (Å²) in [5.74, 6) is -6.41. The third-order valence-electron chi connectivity index (χ3n) is 1.60. The topological polar surface area (TPSA) is 101 Å².